The Balaban J connectivity index is 1.90. The second-order valence-electron chi connectivity index (χ2n) is 7.18. The van der Waals surface area contributed by atoms with Gasteiger partial charge in [-0.15, -0.1) is 0 Å². The van der Waals surface area contributed by atoms with Crippen molar-refractivity contribution in [3.8, 4) is 5.75 Å². The maximum absolute atomic E-state index is 13.0. The Bertz CT molecular complexity index is 976. The smallest absolute Gasteiger partial charge is 0.410 e. The summed E-state index contributed by atoms with van der Waals surface area (Å²) in [6, 6.07) is 17.5. The summed E-state index contributed by atoms with van der Waals surface area (Å²) in [5.41, 5.74) is 0.860. The zero-order chi connectivity index (χ0) is 23.7. The Morgan fingerprint density at radius 2 is 1.79 bits per heavy atom. The zero-order valence-electron chi connectivity index (χ0n) is 19.1. The van der Waals surface area contributed by atoms with Gasteiger partial charge in [0.25, 0.3) is 0 Å². The number of benzene rings is 2. The van der Waals surface area contributed by atoms with Crippen LogP contribution in [0.2, 0.25) is 0 Å². The number of methoxy groups -OCH3 is 1. The predicted molar refractivity (Wildman–Crippen MR) is 130 cm³/mol. The summed E-state index contributed by atoms with van der Waals surface area (Å²) in [6.07, 6.45) is 1.40. The molecular weight excluding hydrogens is 461 g/mol. The first-order valence-electron chi connectivity index (χ1n) is 10.9. The highest BCUT2D eigenvalue weighted by molar-refractivity contribution is 8.00. The molecule has 1 aliphatic heterocycles. The number of hydrogen-bond donors (Lipinski definition) is 0. The predicted octanol–water partition coefficient (Wildman–Crippen LogP) is 6.13. The lowest BCUT2D eigenvalue weighted by Gasteiger charge is -2.26. The quantitative estimate of drug-likeness (QED) is 0.331. The molecule has 0 spiro atoms. The van der Waals surface area contributed by atoms with Crippen molar-refractivity contribution in [2.75, 3.05) is 33.5 Å². The number of cyclic esters (lactones) is 1. The van der Waals surface area contributed by atoms with Gasteiger partial charge in [-0.1, -0.05) is 54.2 Å². The standard InChI is InChI=1S/C24H30NO6PS/c1-4-30-32(27,31-5-2)16-15-19(21-13-9-10-14-22(21)28-3)17-25-23(18-29-24(25)26)33-20-11-7-6-8-12-20/h6-16,19,23H,4-5,17-18H2,1-3H3/b16-15+. The summed E-state index contributed by atoms with van der Waals surface area (Å²) in [5.74, 6) is 1.84. The lowest BCUT2D eigenvalue weighted by molar-refractivity contribution is 0.157. The summed E-state index contributed by atoms with van der Waals surface area (Å²) in [7, 11) is -1.81. The van der Waals surface area contributed by atoms with E-state index in [1.807, 2.05) is 54.6 Å². The van der Waals surface area contributed by atoms with E-state index >= 15 is 0 Å². The molecular formula is C24H30NO6PS. The van der Waals surface area contributed by atoms with E-state index in [0.29, 0.717) is 12.3 Å². The average molecular weight is 492 g/mol. The molecule has 1 fully saturated rings. The van der Waals surface area contributed by atoms with Crippen molar-refractivity contribution in [1.82, 2.24) is 4.90 Å². The van der Waals surface area contributed by atoms with Crippen molar-refractivity contribution >= 4 is 25.5 Å². The second kappa shape index (κ2) is 12.3. The van der Waals surface area contributed by atoms with Crippen molar-refractivity contribution in [2.45, 2.75) is 30.0 Å². The van der Waals surface area contributed by atoms with Gasteiger partial charge in [-0.05, 0) is 32.0 Å². The topological polar surface area (TPSA) is 74.3 Å². The number of rotatable bonds is 12. The van der Waals surface area contributed by atoms with Crippen LogP contribution >= 0.6 is 19.4 Å². The van der Waals surface area contributed by atoms with Crippen LogP contribution in [0.4, 0.5) is 4.79 Å². The minimum Gasteiger partial charge on any atom is -0.496 e. The monoisotopic (exact) mass is 491 g/mol. The summed E-state index contributed by atoms with van der Waals surface area (Å²) < 4.78 is 34.8. The van der Waals surface area contributed by atoms with Crippen LogP contribution < -0.4 is 4.74 Å². The van der Waals surface area contributed by atoms with Gasteiger partial charge in [-0.2, -0.15) is 0 Å². The maximum Gasteiger partial charge on any atom is 0.410 e. The molecule has 0 bridgehead atoms. The van der Waals surface area contributed by atoms with Crippen LogP contribution in [0.5, 0.6) is 5.75 Å². The third kappa shape index (κ3) is 6.87. The van der Waals surface area contributed by atoms with Gasteiger partial charge in [-0.3, -0.25) is 9.46 Å². The molecule has 2 aromatic rings. The van der Waals surface area contributed by atoms with Crippen molar-refractivity contribution in [3.63, 3.8) is 0 Å². The second-order valence-corrected chi connectivity index (χ2v) is 10.3. The molecule has 33 heavy (non-hydrogen) atoms. The van der Waals surface area contributed by atoms with Crippen LogP contribution in [-0.4, -0.2) is 49.8 Å². The largest absolute Gasteiger partial charge is 0.496 e. The Morgan fingerprint density at radius 1 is 1.12 bits per heavy atom. The first-order chi connectivity index (χ1) is 16.0. The molecule has 2 atom stereocenters. The molecule has 7 nitrogen and oxygen atoms in total. The number of nitrogens with zero attached hydrogens (tertiary/aromatic N) is 1. The first-order valence-corrected chi connectivity index (χ1v) is 13.3. The third-order valence-corrected chi connectivity index (χ3v) is 7.98. The van der Waals surface area contributed by atoms with E-state index in [-0.39, 0.29) is 37.2 Å². The summed E-state index contributed by atoms with van der Waals surface area (Å²) in [4.78, 5) is 15.4. The van der Waals surface area contributed by atoms with Crippen molar-refractivity contribution in [3.05, 3.63) is 72.1 Å². The van der Waals surface area contributed by atoms with Crippen LogP contribution in [0.1, 0.15) is 25.3 Å². The van der Waals surface area contributed by atoms with Crippen LogP contribution in [0.15, 0.2) is 71.4 Å². The first kappa shape index (κ1) is 25.4. The van der Waals surface area contributed by atoms with Crippen LogP contribution in [0.25, 0.3) is 0 Å². The highest BCUT2D eigenvalue weighted by Gasteiger charge is 2.36. The highest BCUT2D eigenvalue weighted by Crippen LogP contribution is 2.50. The fraction of sp³-hybridized carbons (Fsp3) is 0.375. The van der Waals surface area contributed by atoms with E-state index in [2.05, 4.69) is 0 Å². The molecule has 2 aromatic carbocycles. The molecule has 0 saturated carbocycles. The number of thioether (sulfide) groups is 1. The number of ether oxygens (including phenoxy) is 2. The molecule has 9 heteroatoms. The lowest BCUT2D eigenvalue weighted by Crippen LogP contribution is -2.34. The van der Waals surface area contributed by atoms with Gasteiger partial charge in [-0.25, -0.2) is 4.79 Å². The van der Waals surface area contributed by atoms with Crippen molar-refractivity contribution in [2.24, 2.45) is 0 Å². The summed E-state index contributed by atoms with van der Waals surface area (Å²) >= 11 is 1.57. The number of carbonyl (C=O) groups excluding carboxylic acids is 1. The Morgan fingerprint density at radius 3 is 2.45 bits per heavy atom. The molecule has 1 aliphatic rings. The fourth-order valence-electron chi connectivity index (χ4n) is 3.52. The minimum absolute atomic E-state index is 0.184. The minimum atomic E-state index is -3.41. The fourth-order valence-corrected chi connectivity index (χ4v) is 5.97. The van der Waals surface area contributed by atoms with E-state index in [1.165, 1.54) is 5.82 Å². The van der Waals surface area contributed by atoms with Gasteiger partial charge in [0.05, 0.1) is 20.3 Å². The number of para-hydroxylation sites is 1. The normalized spacial score (nSPS) is 17.4. The van der Waals surface area contributed by atoms with Gasteiger partial charge < -0.3 is 18.5 Å². The van der Waals surface area contributed by atoms with Crippen molar-refractivity contribution < 1.29 is 27.9 Å². The summed E-state index contributed by atoms with van der Waals surface area (Å²) in [5, 5.41) is -0.184. The zero-order valence-corrected chi connectivity index (χ0v) is 20.8. The van der Waals surface area contributed by atoms with E-state index in [0.717, 1.165) is 10.5 Å². The molecule has 1 heterocycles. The van der Waals surface area contributed by atoms with Gasteiger partial charge >= 0.3 is 13.7 Å². The molecule has 1 amide bonds. The number of amides is 1. The molecule has 2 unspecified atom stereocenters. The summed E-state index contributed by atoms with van der Waals surface area (Å²) in [6.45, 7) is 4.66. The van der Waals surface area contributed by atoms with E-state index < -0.39 is 7.60 Å². The van der Waals surface area contributed by atoms with Crippen molar-refractivity contribution in [1.29, 1.82) is 0 Å². The maximum atomic E-state index is 13.0. The van der Waals surface area contributed by atoms with Gasteiger partial charge in [0.15, 0.2) is 0 Å². The van der Waals surface area contributed by atoms with E-state index in [1.54, 1.807) is 43.7 Å². The van der Waals surface area contributed by atoms with Crippen LogP contribution in [-0.2, 0) is 18.3 Å². The molecule has 0 radical (unpaired) electrons. The average Bonchev–Trinajstić information content (AvgIpc) is 3.16. The lowest BCUT2D eigenvalue weighted by atomic mass is 9.97. The highest BCUT2D eigenvalue weighted by atomic mass is 32.2. The molecule has 1 saturated heterocycles. The van der Waals surface area contributed by atoms with Gasteiger partial charge in [0.2, 0.25) is 0 Å². The van der Waals surface area contributed by atoms with Crippen LogP contribution in [0, 0.1) is 0 Å². The van der Waals surface area contributed by atoms with Crippen LogP contribution in [0.3, 0.4) is 0 Å². The van der Waals surface area contributed by atoms with E-state index in [9.17, 15) is 9.36 Å². The Kier molecular flexibility index (Phi) is 9.44. The number of carbonyl (C=O) groups is 1. The van der Waals surface area contributed by atoms with Gasteiger partial charge in [0, 0.05) is 28.7 Å². The van der Waals surface area contributed by atoms with E-state index in [4.69, 9.17) is 18.5 Å². The third-order valence-electron chi connectivity index (χ3n) is 5.00. The molecule has 0 N–H and O–H groups in total. The van der Waals surface area contributed by atoms with Gasteiger partial charge in [0.1, 0.15) is 17.7 Å². The number of hydrogen-bond acceptors (Lipinski definition) is 7. The SMILES string of the molecule is CCOP(=O)(/C=C/C(CN1C(=O)OCC1Sc1ccccc1)c1ccccc1OC)OCC. The molecule has 0 aromatic heterocycles. The Hall–Kier alpha value is -2.25. The molecule has 0 aliphatic carbocycles. The Labute approximate surface area is 199 Å². The molecule has 178 valence electrons. The molecule has 3 rings (SSSR count).